The number of nitrogens with one attached hydrogen (secondary N) is 1. The molecule has 0 radical (unpaired) electrons. The first-order valence-corrected chi connectivity index (χ1v) is 9.12. The van der Waals surface area contributed by atoms with E-state index in [9.17, 15) is 21.6 Å². The Kier molecular flexibility index (Phi) is 6.79. The monoisotopic (exact) mass is 301 g/mol. The third-order valence-electron chi connectivity index (χ3n) is 2.13. The normalized spacial score (nSPS) is 14.3. The van der Waals surface area contributed by atoms with Crippen LogP contribution in [0.1, 0.15) is 26.2 Å². The van der Waals surface area contributed by atoms with Gasteiger partial charge in [0.25, 0.3) is 0 Å². The summed E-state index contributed by atoms with van der Waals surface area (Å²) < 4.78 is 47.0. The fourth-order valence-electron chi connectivity index (χ4n) is 1.24. The van der Waals surface area contributed by atoms with E-state index >= 15 is 0 Å². The minimum atomic E-state index is -3.64. The lowest BCUT2D eigenvalue weighted by atomic mass is 10.1. The molecule has 0 aromatic carbocycles. The molecule has 0 heterocycles. The van der Waals surface area contributed by atoms with Crippen LogP contribution in [0.15, 0.2) is 0 Å². The highest BCUT2D eigenvalue weighted by atomic mass is 32.2. The number of hydrogen-bond donors (Lipinski definition) is 2. The molecule has 1 atom stereocenters. The zero-order chi connectivity index (χ0) is 14.4. The molecule has 0 aromatic rings. The number of rotatable bonds is 9. The Morgan fingerprint density at radius 2 is 1.78 bits per heavy atom. The second-order valence-corrected chi connectivity index (χ2v) is 8.39. The molecule has 2 N–H and O–H groups in total. The molecule has 0 saturated heterocycles. The van der Waals surface area contributed by atoms with Crippen LogP contribution in [0.5, 0.6) is 0 Å². The van der Waals surface area contributed by atoms with Crippen LogP contribution in [-0.2, 0) is 24.7 Å². The molecule has 1 unspecified atom stereocenters. The number of sulfonamides is 1. The van der Waals surface area contributed by atoms with Gasteiger partial charge in [-0.3, -0.25) is 4.79 Å². The minimum absolute atomic E-state index is 0.0184. The van der Waals surface area contributed by atoms with Gasteiger partial charge in [-0.25, -0.2) is 21.6 Å². The molecule has 0 aliphatic rings. The first-order valence-electron chi connectivity index (χ1n) is 5.41. The standard InChI is InChI=1S/C9H19NO6S2/c1-8(4-3-5-9(11)12)10-18(15,16)7-6-17(2,13)14/h8,10H,3-7H2,1-2H3,(H,11,12). The van der Waals surface area contributed by atoms with Gasteiger partial charge in [-0.1, -0.05) is 0 Å². The summed E-state index contributed by atoms with van der Waals surface area (Å²) in [5.74, 6) is -1.83. The maximum Gasteiger partial charge on any atom is 0.303 e. The zero-order valence-electron chi connectivity index (χ0n) is 10.4. The number of hydrogen-bond acceptors (Lipinski definition) is 5. The van der Waals surface area contributed by atoms with Gasteiger partial charge in [-0.2, -0.15) is 0 Å². The van der Waals surface area contributed by atoms with Crippen LogP contribution in [0.25, 0.3) is 0 Å². The van der Waals surface area contributed by atoms with Gasteiger partial charge < -0.3 is 5.11 Å². The average Bonchev–Trinajstić information content (AvgIpc) is 2.12. The van der Waals surface area contributed by atoms with Crippen LogP contribution < -0.4 is 4.72 Å². The molecule has 0 bridgehead atoms. The van der Waals surface area contributed by atoms with Crippen molar-refractivity contribution in [1.29, 1.82) is 0 Å². The Balaban J connectivity index is 4.12. The summed E-state index contributed by atoms with van der Waals surface area (Å²) in [6, 6.07) is -0.408. The third-order valence-corrected chi connectivity index (χ3v) is 4.84. The van der Waals surface area contributed by atoms with Gasteiger partial charge in [-0.05, 0) is 19.8 Å². The highest BCUT2D eigenvalue weighted by Crippen LogP contribution is 2.02. The molecule has 108 valence electrons. The Morgan fingerprint density at radius 3 is 2.22 bits per heavy atom. The van der Waals surface area contributed by atoms with E-state index in [2.05, 4.69) is 4.72 Å². The largest absolute Gasteiger partial charge is 0.481 e. The van der Waals surface area contributed by atoms with Crippen molar-refractivity contribution in [2.24, 2.45) is 0 Å². The number of aliphatic carboxylic acids is 1. The van der Waals surface area contributed by atoms with Gasteiger partial charge in [-0.15, -0.1) is 0 Å². The van der Waals surface area contributed by atoms with E-state index in [0.29, 0.717) is 12.8 Å². The van der Waals surface area contributed by atoms with Gasteiger partial charge in [0, 0.05) is 18.7 Å². The van der Waals surface area contributed by atoms with Gasteiger partial charge >= 0.3 is 5.97 Å². The van der Waals surface area contributed by atoms with Crippen molar-refractivity contribution in [2.45, 2.75) is 32.2 Å². The topological polar surface area (TPSA) is 118 Å². The highest BCUT2D eigenvalue weighted by molar-refractivity contribution is 7.93. The highest BCUT2D eigenvalue weighted by Gasteiger charge is 2.17. The summed E-state index contributed by atoms with van der Waals surface area (Å²) in [6.45, 7) is 1.61. The molecule has 0 saturated carbocycles. The lowest BCUT2D eigenvalue weighted by Crippen LogP contribution is -2.36. The number of carboxylic acids is 1. The molecule has 0 aliphatic carbocycles. The fraction of sp³-hybridized carbons (Fsp3) is 0.889. The van der Waals surface area contributed by atoms with Crippen molar-refractivity contribution >= 4 is 25.8 Å². The molecule has 0 fully saturated rings. The van der Waals surface area contributed by atoms with E-state index in [1.807, 2.05) is 0 Å². The van der Waals surface area contributed by atoms with E-state index in [4.69, 9.17) is 5.11 Å². The summed E-state index contributed by atoms with van der Waals surface area (Å²) in [5, 5.41) is 8.43. The van der Waals surface area contributed by atoms with Crippen LogP contribution >= 0.6 is 0 Å². The van der Waals surface area contributed by atoms with Crippen molar-refractivity contribution in [3.05, 3.63) is 0 Å². The van der Waals surface area contributed by atoms with E-state index in [-0.39, 0.29) is 6.42 Å². The van der Waals surface area contributed by atoms with Crippen molar-refractivity contribution in [2.75, 3.05) is 17.8 Å². The Hall–Kier alpha value is -0.670. The summed E-state index contributed by atoms with van der Waals surface area (Å²) in [7, 11) is -6.96. The molecular formula is C9H19NO6S2. The summed E-state index contributed by atoms with van der Waals surface area (Å²) in [4.78, 5) is 10.3. The molecule has 9 heteroatoms. The van der Waals surface area contributed by atoms with E-state index in [1.165, 1.54) is 0 Å². The second kappa shape index (κ2) is 7.05. The molecule has 0 aliphatic heterocycles. The quantitative estimate of drug-likeness (QED) is 0.598. The van der Waals surface area contributed by atoms with Gasteiger partial charge in [0.1, 0.15) is 9.84 Å². The van der Waals surface area contributed by atoms with Crippen molar-refractivity contribution in [1.82, 2.24) is 4.72 Å². The minimum Gasteiger partial charge on any atom is -0.481 e. The summed E-state index contributed by atoms with van der Waals surface area (Å²) in [5.41, 5.74) is 0. The van der Waals surface area contributed by atoms with E-state index in [0.717, 1.165) is 6.26 Å². The smallest absolute Gasteiger partial charge is 0.303 e. The predicted octanol–water partition coefficient (Wildman–Crippen LogP) is -0.406. The van der Waals surface area contributed by atoms with Crippen molar-refractivity contribution in [3.63, 3.8) is 0 Å². The van der Waals surface area contributed by atoms with Crippen LogP contribution in [0.3, 0.4) is 0 Å². The Morgan fingerprint density at radius 1 is 1.22 bits per heavy atom. The predicted molar refractivity (Wildman–Crippen MR) is 67.6 cm³/mol. The zero-order valence-corrected chi connectivity index (χ0v) is 12.1. The fourth-order valence-corrected chi connectivity index (χ4v) is 4.18. The maximum atomic E-state index is 11.5. The third kappa shape index (κ3) is 10.5. The molecule has 0 rings (SSSR count). The lowest BCUT2D eigenvalue weighted by molar-refractivity contribution is -0.137. The molecule has 18 heavy (non-hydrogen) atoms. The molecular weight excluding hydrogens is 282 g/mol. The van der Waals surface area contributed by atoms with Crippen LogP contribution in [0, 0.1) is 0 Å². The molecule has 0 spiro atoms. The number of carboxylic acid groups (broad SMARTS) is 1. The van der Waals surface area contributed by atoms with Crippen LogP contribution in [-0.4, -0.2) is 51.7 Å². The first-order chi connectivity index (χ1) is 8.02. The maximum absolute atomic E-state index is 11.5. The average molecular weight is 301 g/mol. The molecule has 0 aromatic heterocycles. The molecule has 7 nitrogen and oxygen atoms in total. The van der Waals surface area contributed by atoms with Gasteiger partial charge in [0.15, 0.2) is 0 Å². The van der Waals surface area contributed by atoms with Gasteiger partial charge in [0.05, 0.1) is 11.5 Å². The van der Waals surface area contributed by atoms with Crippen LogP contribution in [0.4, 0.5) is 0 Å². The lowest BCUT2D eigenvalue weighted by Gasteiger charge is -2.13. The van der Waals surface area contributed by atoms with Crippen molar-refractivity contribution < 1.29 is 26.7 Å². The van der Waals surface area contributed by atoms with E-state index < -0.39 is 43.4 Å². The SMILES string of the molecule is CC(CCCC(=O)O)NS(=O)(=O)CCS(C)(=O)=O. The van der Waals surface area contributed by atoms with Gasteiger partial charge in [0.2, 0.25) is 10.0 Å². The van der Waals surface area contributed by atoms with Crippen LogP contribution in [0.2, 0.25) is 0 Å². The number of sulfone groups is 1. The Bertz CT molecular complexity index is 467. The van der Waals surface area contributed by atoms with Crippen molar-refractivity contribution in [3.8, 4) is 0 Å². The first kappa shape index (κ1) is 17.3. The second-order valence-electron chi connectivity index (χ2n) is 4.25. The summed E-state index contributed by atoms with van der Waals surface area (Å²) in [6.07, 6.45) is 1.71. The summed E-state index contributed by atoms with van der Waals surface area (Å²) >= 11 is 0. The van der Waals surface area contributed by atoms with E-state index in [1.54, 1.807) is 6.92 Å². The Labute approximate surface area is 108 Å². The number of carbonyl (C=O) groups is 1. The molecule has 0 amide bonds.